The van der Waals surface area contributed by atoms with Crippen molar-refractivity contribution in [3.05, 3.63) is 50.7 Å². The molecule has 0 aliphatic rings. The summed E-state index contributed by atoms with van der Waals surface area (Å²) < 4.78 is 2.86. The van der Waals surface area contributed by atoms with Crippen LogP contribution in [0.25, 0.3) is 0 Å². The maximum absolute atomic E-state index is 6.37. The predicted molar refractivity (Wildman–Crippen MR) is 93.9 cm³/mol. The Bertz CT molecular complexity index is 636. The summed E-state index contributed by atoms with van der Waals surface area (Å²) in [4.78, 5) is 0. The number of aryl methyl sites for hydroxylation is 2. The van der Waals surface area contributed by atoms with Crippen LogP contribution in [0.4, 0.5) is 0 Å². The van der Waals surface area contributed by atoms with Gasteiger partial charge in [0.25, 0.3) is 0 Å². The first kappa shape index (κ1) is 17.1. The molecule has 0 atom stereocenters. The van der Waals surface area contributed by atoms with Crippen LogP contribution in [0.5, 0.6) is 0 Å². The third-order valence-corrected chi connectivity index (χ3v) is 6.11. The van der Waals surface area contributed by atoms with Gasteiger partial charge >= 0.3 is 0 Å². The molecule has 1 aromatic carbocycles. The van der Waals surface area contributed by atoms with E-state index < -0.39 is 5.41 Å². The number of rotatable bonds is 5. The van der Waals surface area contributed by atoms with Crippen LogP contribution >= 0.6 is 50.7 Å². The van der Waals surface area contributed by atoms with E-state index in [9.17, 15) is 0 Å². The minimum absolute atomic E-state index is 0.386. The number of benzene rings is 1. The fourth-order valence-electron chi connectivity index (χ4n) is 2.45. The van der Waals surface area contributed by atoms with Gasteiger partial charge < -0.3 is 0 Å². The summed E-state index contributed by atoms with van der Waals surface area (Å²) >= 11 is 22.6. The fourth-order valence-corrected chi connectivity index (χ4v) is 4.03. The molecule has 0 N–H and O–H groups in total. The lowest BCUT2D eigenvalue weighted by atomic mass is 9.80. The highest BCUT2D eigenvalue weighted by atomic mass is 79.9. The molecule has 0 unspecified atom stereocenters. The molecule has 0 radical (unpaired) electrons. The molecule has 2 nitrogen and oxygen atoms in total. The van der Waals surface area contributed by atoms with Gasteiger partial charge in [-0.15, -0.1) is 23.2 Å². The second-order valence-electron chi connectivity index (χ2n) is 5.17. The molecule has 0 saturated heterocycles. The van der Waals surface area contributed by atoms with Crippen molar-refractivity contribution < 1.29 is 0 Å². The van der Waals surface area contributed by atoms with Gasteiger partial charge in [-0.25, -0.2) is 0 Å². The third kappa shape index (κ3) is 3.26. The predicted octanol–water partition coefficient (Wildman–Crippen LogP) is 5.10. The van der Waals surface area contributed by atoms with Gasteiger partial charge in [-0.05, 0) is 34.5 Å². The van der Waals surface area contributed by atoms with E-state index >= 15 is 0 Å². The zero-order valence-electron chi connectivity index (χ0n) is 11.8. The largest absolute Gasteiger partial charge is 0.271 e. The normalized spacial score (nSPS) is 11.9. The molecular weight excluding hydrogens is 394 g/mol. The van der Waals surface area contributed by atoms with E-state index in [1.807, 2.05) is 42.9 Å². The van der Waals surface area contributed by atoms with Gasteiger partial charge in [-0.1, -0.05) is 29.8 Å². The van der Waals surface area contributed by atoms with E-state index in [0.29, 0.717) is 23.2 Å². The number of halogens is 4. The van der Waals surface area contributed by atoms with Crippen molar-refractivity contribution in [3.63, 3.8) is 0 Å². The van der Waals surface area contributed by atoms with Crippen molar-refractivity contribution in [2.75, 3.05) is 11.8 Å². The number of hydrogen-bond donors (Lipinski definition) is 0. The summed E-state index contributed by atoms with van der Waals surface area (Å²) in [6.45, 7) is 1.96. The van der Waals surface area contributed by atoms with Crippen LogP contribution in [0.1, 0.15) is 17.0 Å². The average molecular weight is 411 g/mol. The van der Waals surface area contributed by atoms with Crippen molar-refractivity contribution in [3.8, 4) is 0 Å². The van der Waals surface area contributed by atoms with Gasteiger partial charge in [0.1, 0.15) is 0 Å². The number of nitrogens with zero attached hydrogens (tertiary/aromatic N) is 2. The summed E-state index contributed by atoms with van der Waals surface area (Å²) in [5, 5.41) is 5.12. The lowest BCUT2D eigenvalue weighted by molar-refractivity contribution is 0.510. The molecule has 0 spiro atoms. The number of aromatic nitrogens is 2. The molecule has 1 aromatic heterocycles. The topological polar surface area (TPSA) is 17.8 Å². The maximum atomic E-state index is 6.37. The standard InChI is InChI=1S/C15H16BrCl3N2/c1-10-14(16)13(21(2)20-10)7-15(8-17,9-18)11-5-3-4-6-12(11)19/h3-6H,7-9H2,1-2H3. The summed E-state index contributed by atoms with van der Waals surface area (Å²) in [5.74, 6) is 0.772. The van der Waals surface area contributed by atoms with Crippen LogP contribution in [0.3, 0.4) is 0 Å². The summed E-state index contributed by atoms with van der Waals surface area (Å²) in [7, 11) is 1.92. The molecule has 21 heavy (non-hydrogen) atoms. The van der Waals surface area contributed by atoms with Gasteiger partial charge in [0.05, 0.1) is 15.9 Å². The zero-order valence-corrected chi connectivity index (χ0v) is 15.7. The minimum atomic E-state index is -0.426. The van der Waals surface area contributed by atoms with E-state index in [-0.39, 0.29) is 0 Å². The summed E-state index contributed by atoms with van der Waals surface area (Å²) in [5.41, 5.74) is 2.56. The lowest BCUT2D eigenvalue weighted by Gasteiger charge is -2.31. The Morgan fingerprint density at radius 3 is 2.33 bits per heavy atom. The van der Waals surface area contributed by atoms with Gasteiger partial charge in [-0.3, -0.25) is 4.68 Å². The van der Waals surface area contributed by atoms with Gasteiger partial charge in [0.15, 0.2) is 0 Å². The first-order valence-electron chi connectivity index (χ1n) is 6.50. The Morgan fingerprint density at radius 1 is 1.24 bits per heavy atom. The van der Waals surface area contributed by atoms with Gasteiger partial charge in [0.2, 0.25) is 0 Å². The van der Waals surface area contributed by atoms with Crippen LogP contribution in [-0.4, -0.2) is 21.5 Å². The van der Waals surface area contributed by atoms with Crippen molar-refractivity contribution >= 4 is 50.7 Å². The quantitative estimate of drug-likeness (QED) is 0.627. The Kier molecular flexibility index (Phi) is 5.64. The average Bonchev–Trinajstić information content (AvgIpc) is 2.71. The van der Waals surface area contributed by atoms with E-state index in [0.717, 1.165) is 21.4 Å². The molecule has 0 saturated carbocycles. The SMILES string of the molecule is Cc1nn(C)c(CC(CCl)(CCl)c2ccccc2Cl)c1Br. The molecule has 0 aliphatic heterocycles. The Labute approximate surface area is 148 Å². The van der Waals surface area contributed by atoms with E-state index in [2.05, 4.69) is 21.0 Å². The highest BCUT2D eigenvalue weighted by molar-refractivity contribution is 9.10. The molecule has 0 fully saturated rings. The van der Waals surface area contributed by atoms with Gasteiger partial charge in [-0.2, -0.15) is 5.10 Å². The number of alkyl halides is 2. The monoisotopic (exact) mass is 408 g/mol. The second-order valence-corrected chi connectivity index (χ2v) is 6.91. The first-order valence-corrected chi connectivity index (χ1v) is 8.74. The van der Waals surface area contributed by atoms with Crippen molar-refractivity contribution in [1.29, 1.82) is 0 Å². The highest BCUT2D eigenvalue weighted by Crippen LogP contribution is 2.37. The third-order valence-electron chi connectivity index (χ3n) is 3.72. The lowest BCUT2D eigenvalue weighted by Crippen LogP contribution is -2.34. The Balaban J connectivity index is 2.51. The molecule has 114 valence electrons. The Morgan fingerprint density at radius 2 is 1.86 bits per heavy atom. The minimum Gasteiger partial charge on any atom is -0.271 e. The van der Waals surface area contributed by atoms with Crippen LogP contribution in [0.2, 0.25) is 5.02 Å². The first-order chi connectivity index (χ1) is 9.95. The summed E-state index contributed by atoms with van der Waals surface area (Å²) in [6.07, 6.45) is 0.668. The van der Waals surface area contributed by atoms with Crippen LogP contribution in [-0.2, 0) is 18.9 Å². The van der Waals surface area contributed by atoms with Gasteiger partial charge in [0, 0.05) is 35.7 Å². The maximum Gasteiger partial charge on any atom is 0.0738 e. The fraction of sp³-hybridized carbons (Fsp3) is 0.400. The van der Waals surface area contributed by atoms with Crippen LogP contribution in [0, 0.1) is 6.92 Å². The second kappa shape index (κ2) is 6.91. The molecule has 2 aromatic rings. The molecule has 1 heterocycles. The van der Waals surface area contributed by atoms with Crippen molar-refractivity contribution in [2.45, 2.75) is 18.8 Å². The number of hydrogen-bond acceptors (Lipinski definition) is 1. The van der Waals surface area contributed by atoms with Crippen molar-refractivity contribution in [1.82, 2.24) is 9.78 Å². The molecule has 0 bridgehead atoms. The molecule has 0 amide bonds. The van der Waals surface area contributed by atoms with E-state index in [1.165, 1.54) is 0 Å². The highest BCUT2D eigenvalue weighted by Gasteiger charge is 2.35. The zero-order chi connectivity index (χ0) is 15.6. The van der Waals surface area contributed by atoms with E-state index in [4.69, 9.17) is 34.8 Å². The molecule has 0 aliphatic carbocycles. The van der Waals surface area contributed by atoms with Crippen LogP contribution < -0.4 is 0 Å². The molecule has 6 heteroatoms. The molecular formula is C15H16BrCl3N2. The van der Waals surface area contributed by atoms with E-state index in [1.54, 1.807) is 0 Å². The molecule has 2 rings (SSSR count). The summed E-state index contributed by atoms with van der Waals surface area (Å²) in [6, 6.07) is 7.72. The van der Waals surface area contributed by atoms with Crippen LogP contribution in [0.15, 0.2) is 28.7 Å². The smallest absolute Gasteiger partial charge is 0.0738 e. The Hall–Kier alpha value is -0.220. The van der Waals surface area contributed by atoms with Crippen molar-refractivity contribution in [2.24, 2.45) is 7.05 Å².